The van der Waals surface area contributed by atoms with E-state index < -0.39 is 0 Å². The number of nitrogens with two attached hydrogens (primary N) is 1. The molecule has 0 amide bonds. The van der Waals surface area contributed by atoms with Crippen molar-refractivity contribution < 1.29 is 4.74 Å². The lowest BCUT2D eigenvalue weighted by molar-refractivity contribution is 0.140. The van der Waals surface area contributed by atoms with Gasteiger partial charge in [-0.05, 0) is 38.2 Å². The maximum Gasteiger partial charge on any atom is 0.225 e. The van der Waals surface area contributed by atoms with Crippen LogP contribution in [-0.4, -0.2) is 22.1 Å². The van der Waals surface area contributed by atoms with Crippen LogP contribution in [0.15, 0.2) is 12.4 Å². The van der Waals surface area contributed by atoms with Crippen molar-refractivity contribution in [3.63, 3.8) is 0 Å². The number of rotatable bonds is 3. The maximum atomic E-state index is 6.07. The summed E-state index contributed by atoms with van der Waals surface area (Å²) in [5.74, 6) is 0.722. The molecule has 0 aliphatic heterocycles. The lowest BCUT2D eigenvalue weighted by Crippen LogP contribution is -2.33. The highest BCUT2D eigenvalue weighted by Gasteiger charge is 2.22. The van der Waals surface area contributed by atoms with Gasteiger partial charge in [-0.25, -0.2) is 9.97 Å². The number of hydrogen-bond donors (Lipinski definition) is 1. The standard InChI is InChI=1S/C14H19N3OS/c1-2-11-7-12-13(16-8-17-14(12)19-11)18-10-5-3-4-9(15)6-10/h7-10H,2-6,15H2,1H3. The monoisotopic (exact) mass is 277 g/mol. The first-order valence-corrected chi connectivity index (χ1v) is 7.73. The number of fused-ring (bicyclic) bond motifs is 1. The Morgan fingerprint density at radius 1 is 1.42 bits per heavy atom. The van der Waals surface area contributed by atoms with Crippen molar-refractivity contribution in [3.05, 3.63) is 17.3 Å². The number of hydrogen-bond acceptors (Lipinski definition) is 5. The zero-order valence-electron chi connectivity index (χ0n) is 11.1. The summed E-state index contributed by atoms with van der Waals surface area (Å²) in [6.07, 6.45) is 7.07. The smallest absolute Gasteiger partial charge is 0.225 e. The normalized spacial score (nSPS) is 23.7. The molecule has 0 bridgehead atoms. The summed E-state index contributed by atoms with van der Waals surface area (Å²) in [5.41, 5.74) is 6.01. The predicted octanol–water partition coefficient (Wildman–Crippen LogP) is 2.90. The second-order valence-electron chi connectivity index (χ2n) is 5.13. The minimum atomic E-state index is 0.201. The Kier molecular flexibility index (Phi) is 3.66. The molecule has 2 N–H and O–H groups in total. The summed E-state index contributed by atoms with van der Waals surface area (Å²) in [7, 11) is 0. The van der Waals surface area contributed by atoms with Crippen molar-refractivity contribution in [2.45, 2.75) is 51.2 Å². The van der Waals surface area contributed by atoms with E-state index in [2.05, 4.69) is 23.0 Å². The van der Waals surface area contributed by atoms with E-state index in [1.807, 2.05) is 0 Å². The van der Waals surface area contributed by atoms with Gasteiger partial charge in [-0.1, -0.05) is 6.92 Å². The average Bonchev–Trinajstić information content (AvgIpc) is 2.83. The quantitative estimate of drug-likeness (QED) is 0.937. The molecule has 0 radical (unpaired) electrons. The molecule has 3 rings (SSSR count). The van der Waals surface area contributed by atoms with Crippen LogP contribution in [0.3, 0.4) is 0 Å². The Morgan fingerprint density at radius 2 is 2.32 bits per heavy atom. The van der Waals surface area contributed by atoms with Crippen LogP contribution in [0, 0.1) is 0 Å². The van der Waals surface area contributed by atoms with E-state index in [-0.39, 0.29) is 12.1 Å². The third kappa shape index (κ3) is 2.72. The first-order chi connectivity index (χ1) is 9.26. The zero-order chi connectivity index (χ0) is 13.2. The van der Waals surface area contributed by atoms with E-state index in [0.717, 1.165) is 48.2 Å². The minimum absolute atomic E-state index is 0.201. The fourth-order valence-corrected chi connectivity index (χ4v) is 3.52. The molecule has 1 aliphatic rings. The molecule has 2 aromatic heterocycles. The first-order valence-electron chi connectivity index (χ1n) is 6.92. The first kappa shape index (κ1) is 12.8. The van der Waals surface area contributed by atoms with Crippen molar-refractivity contribution >= 4 is 21.6 Å². The van der Waals surface area contributed by atoms with Crippen LogP contribution < -0.4 is 10.5 Å². The summed E-state index contributed by atoms with van der Waals surface area (Å²) in [4.78, 5) is 11.0. The molecule has 102 valence electrons. The molecule has 2 heterocycles. The van der Waals surface area contributed by atoms with Crippen molar-refractivity contribution in [3.8, 4) is 5.88 Å². The van der Waals surface area contributed by atoms with E-state index in [4.69, 9.17) is 10.5 Å². The largest absolute Gasteiger partial charge is 0.474 e. The van der Waals surface area contributed by atoms with Gasteiger partial charge in [-0.3, -0.25) is 0 Å². The molecule has 0 spiro atoms. The topological polar surface area (TPSA) is 61.0 Å². The Hall–Kier alpha value is -1.20. The van der Waals surface area contributed by atoms with Crippen molar-refractivity contribution in [1.82, 2.24) is 9.97 Å². The van der Waals surface area contributed by atoms with Gasteiger partial charge in [0.1, 0.15) is 17.3 Å². The summed E-state index contributed by atoms with van der Waals surface area (Å²) in [6, 6.07) is 2.42. The lowest BCUT2D eigenvalue weighted by Gasteiger charge is -2.26. The van der Waals surface area contributed by atoms with Crippen molar-refractivity contribution in [2.75, 3.05) is 0 Å². The summed E-state index contributed by atoms with van der Waals surface area (Å²) in [5, 5.41) is 1.04. The van der Waals surface area contributed by atoms with E-state index in [1.165, 1.54) is 4.88 Å². The van der Waals surface area contributed by atoms with Crippen LogP contribution in [-0.2, 0) is 6.42 Å². The highest BCUT2D eigenvalue weighted by atomic mass is 32.1. The van der Waals surface area contributed by atoms with Crippen LogP contribution in [0.1, 0.15) is 37.5 Å². The molecule has 4 nitrogen and oxygen atoms in total. The zero-order valence-corrected chi connectivity index (χ0v) is 11.9. The molecule has 2 atom stereocenters. The molecule has 2 unspecified atom stereocenters. The van der Waals surface area contributed by atoms with Gasteiger partial charge in [0.25, 0.3) is 0 Å². The second kappa shape index (κ2) is 5.43. The second-order valence-corrected chi connectivity index (χ2v) is 6.25. The molecule has 0 saturated heterocycles. The van der Waals surface area contributed by atoms with Crippen LogP contribution in [0.25, 0.3) is 10.2 Å². The Bertz CT molecular complexity index is 569. The Morgan fingerprint density at radius 3 is 3.11 bits per heavy atom. The molecule has 2 aromatic rings. The molecule has 1 fully saturated rings. The van der Waals surface area contributed by atoms with E-state index in [9.17, 15) is 0 Å². The van der Waals surface area contributed by atoms with Gasteiger partial charge in [-0.15, -0.1) is 11.3 Å². The van der Waals surface area contributed by atoms with Gasteiger partial charge in [0.15, 0.2) is 0 Å². The highest BCUT2D eigenvalue weighted by Crippen LogP contribution is 2.31. The molecule has 0 aromatic carbocycles. The van der Waals surface area contributed by atoms with Gasteiger partial charge in [-0.2, -0.15) is 0 Å². The number of aryl methyl sites for hydroxylation is 1. The summed E-state index contributed by atoms with van der Waals surface area (Å²) >= 11 is 1.72. The summed E-state index contributed by atoms with van der Waals surface area (Å²) in [6.45, 7) is 2.15. The van der Waals surface area contributed by atoms with E-state index in [1.54, 1.807) is 17.7 Å². The van der Waals surface area contributed by atoms with Crippen LogP contribution >= 0.6 is 11.3 Å². The van der Waals surface area contributed by atoms with E-state index in [0.29, 0.717) is 0 Å². The van der Waals surface area contributed by atoms with Gasteiger partial charge < -0.3 is 10.5 Å². The molecule has 19 heavy (non-hydrogen) atoms. The minimum Gasteiger partial charge on any atom is -0.474 e. The van der Waals surface area contributed by atoms with Gasteiger partial charge in [0, 0.05) is 10.9 Å². The number of ether oxygens (including phenoxy) is 1. The highest BCUT2D eigenvalue weighted by molar-refractivity contribution is 7.18. The van der Waals surface area contributed by atoms with Gasteiger partial charge in [0.2, 0.25) is 5.88 Å². The molecule has 1 aliphatic carbocycles. The third-order valence-corrected chi connectivity index (χ3v) is 4.82. The fourth-order valence-electron chi connectivity index (χ4n) is 2.60. The number of aromatic nitrogens is 2. The Labute approximate surface area is 117 Å². The van der Waals surface area contributed by atoms with Crippen LogP contribution in [0.2, 0.25) is 0 Å². The van der Waals surface area contributed by atoms with E-state index >= 15 is 0 Å². The predicted molar refractivity (Wildman–Crippen MR) is 77.7 cm³/mol. The number of thiophene rings is 1. The third-order valence-electron chi connectivity index (χ3n) is 3.64. The summed E-state index contributed by atoms with van der Waals surface area (Å²) < 4.78 is 6.07. The molecular weight excluding hydrogens is 258 g/mol. The molecular formula is C14H19N3OS. The average molecular weight is 277 g/mol. The SMILES string of the molecule is CCc1cc2c(OC3CCCC(N)C3)ncnc2s1. The Balaban J connectivity index is 1.85. The van der Waals surface area contributed by atoms with Gasteiger partial charge in [0.05, 0.1) is 5.39 Å². The molecule has 5 heteroatoms. The van der Waals surface area contributed by atoms with Crippen molar-refractivity contribution in [2.24, 2.45) is 5.73 Å². The van der Waals surface area contributed by atoms with Crippen LogP contribution in [0.4, 0.5) is 0 Å². The lowest BCUT2D eigenvalue weighted by atomic mass is 9.93. The molecule has 1 saturated carbocycles. The maximum absolute atomic E-state index is 6.07. The van der Waals surface area contributed by atoms with Crippen LogP contribution in [0.5, 0.6) is 5.88 Å². The van der Waals surface area contributed by atoms with Crippen molar-refractivity contribution in [1.29, 1.82) is 0 Å². The number of nitrogens with zero attached hydrogens (tertiary/aromatic N) is 2. The van der Waals surface area contributed by atoms with Gasteiger partial charge >= 0.3 is 0 Å². The fraction of sp³-hybridized carbons (Fsp3) is 0.571.